The fourth-order valence-corrected chi connectivity index (χ4v) is 4.56. The molecule has 3 rings (SSSR count). The van der Waals surface area contributed by atoms with Crippen LogP contribution in [0.2, 0.25) is 0 Å². The minimum atomic E-state index is -3.43. The summed E-state index contributed by atoms with van der Waals surface area (Å²) in [4.78, 5) is 0.353. The first-order valence-corrected chi connectivity index (χ1v) is 8.67. The fourth-order valence-electron chi connectivity index (χ4n) is 3.00. The second kappa shape index (κ2) is 5.46. The van der Waals surface area contributed by atoms with Crippen LogP contribution in [0.4, 0.5) is 0 Å². The van der Waals surface area contributed by atoms with Gasteiger partial charge >= 0.3 is 0 Å². The van der Waals surface area contributed by atoms with Gasteiger partial charge in [-0.05, 0) is 19.8 Å². The predicted molar refractivity (Wildman–Crippen MR) is 74.0 cm³/mol. The van der Waals surface area contributed by atoms with E-state index < -0.39 is 10.0 Å². The second-order valence-corrected chi connectivity index (χ2v) is 7.42. The quantitative estimate of drug-likeness (QED) is 0.844. The second-order valence-electron chi connectivity index (χ2n) is 5.51. The molecule has 1 aromatic rings. The average molecular weight is 299 g/mol. The molecule has 2 aliphatic rings. The van der Waals surface area contributed by atoms with Gasteiger partial charge < -0.3 is 4.74 Å². The van der Waals surface area contributed by atoms with Gasteiger partial charge in [-0.3, -0.25) is 4.68 Å². The van der Waals surface area contributed by atoms with Crippen molar-refractivity contribution in [1.82, 2.24) is 14.1 Å². The molecule has 1 aliphatic heterocycles. The molecule has 1 aromatic heterocycles. The van der Waals surface area contributed by atoms with Gasteiger partial charge in [-0.15, -0.1) is 0 Å². The molecule has 0 spiro atoms. The average Bonchev–Trinajstić information content (AvgIpc) is 3.08. The van der Waals surface area contributed by atoms with Crippen LogP contribution in [-0.2, 0) is 14.8 Å². The van der Waals surface area contributed by atoms with Crippen LogP contribution in [0.1, 0.15) is 37.4 Å². The Kier molecular flexibility index (Phi) is 3.83. The summed E-state index contributed by atoms with van der Waals surface area (Å²) in [7, 11) is -3.43. The van der Waals surface area contributed by atoms with E-state index in [-0.39, 0.29) is 0 Å². The molecule has 20 heavy (non-hydrogen) atoms. The number of hydrogen-bond acceptors (Lipinski definition) is 4. The van der Waals surface area contributed by atoms with Crippen molar-refractivity contribution >= 4 is 10.0 Å². The van der Waals surface area contributed by atoms with Crippen molar-refractivity contribution in [3.63, 3.8) is 0 Å². The predicted octanol–water partition coefficient (Wildman–Crippen LogP) is 1.33. The van der Waals surface area contributed by atoms with Gasteiger partial charge in [-0.25, -0.2) is 8.42 Å². The van der Waals surface area contributed by atoms with Gasteiger partial charge in [-0.1, -0.05) is 12.8 Å². The Labute approximate surface area is 119 Å². The third-order valence-corrected chi connectivity index (χ3v) is 6.16. The normalized spacial score (nSPS) is 22.4. The van der Waals surface area contributed by atoms with Crippen LogP contribution in [0.15, 0.2) is 11.1 Å². The standard InChI is InChI=1S/C13H21N3O3S/c1-11-13(10-16(14-11)12-4-2-3-5-12)20(17,18)15-6-8-19-9-7-15/h10,12H,2-9H2,1H3. The maximum Gasteiger partial charge on any atom is 0.246 e. The van der Waals surface area contributed by atoms with E-state index in [4.69, 9.17) is 4.74 Å². The Morgan fingerprint density at radius 1 is 1.25 bits per heavy atom. The molecule has 0 amide bonds. The molecule has 7 heteroatoms. The third kappa shape index (κ3) is 2.49. The van der Waals surface area contributed by atoms with Crippen molar-refractivity contribution in [2.45, 2.75) is 43.5 Å². The molecule has 0 bridgehead atoms. The van der Waals surface area contributed by atoms with E-state index in [1.165, 1.54) is 17.1 Å². The van der Waals surface area contributed by atoms with Gasteiger partial charge in [0.15, 0.2) is 0 Å². The zero-order valence-electron chi connectivity index (χ0n) is 11.8. The maximum absolute atomic E-state index is 12.7. The SMILES string of the molecule is Cc1nn(C2CCCC2)cc1S(=O)(=O)N1CCOCC1. The van der Waals surface area contributed by atoms with Crippen molar-refractivity contribution < 1.29 is 13.2 Å². The summed E-state index contributed by atoms with van der Waals surface area (Å²) in [6.07, 6.45) is 6.32. The Hall–Kier alpha value is -0.920. The van der Waals surface area contributed by atoms with Crippen LogP contribution in [-0.4, -0.2) is 48.8 Å². The zero-order valence-corrected chi connectivity index (χ0v) is 12.6. The molecular weight excluding hydrogens is 278 g/mol. The molecule has 1 saturated carbocycles. The van der Waals surface area contributed by atoms with E-state index in [9.17, 15) is 8.42 Å². The van der Waals surface area contributed by atoms with E-state index in [1.54, 1.807) is 13.1 Å². The molecule has 1 saturated heterocycles. The first kappa shape index (κ1) is 14.0. The van der Waals surface area contributed by atoms with Gasteiger partial charge in [-0.2, -0.15) is 9.40 Å². The highest BCUT2D eigenvalue weighted by Gasteiger charge is 2.30. The lowest BCUT2D eigenvalue weighted by Gasteiger charge is -2.25. The lowest BCUT2D eigenvalue weighted by atomic mass is 10.3. The highest BCUT2D eigenvalue weighted by Crippen LogP contribution is 2.30. The number of morpholine rings is 1. The van der Waals surface area contributed by atoms with Crippen LogP contribution < -0.4 is 0 Å². The highest BCUT2D eigenvalue weighted by molar-refractivity contribution is 7.89. The Morgan fingerprint density at radius 3 is 2.55 bits per heavy atom. The first-order valence-electron chi connectivity index (χ1n) is 7.23. The van der Waals surface area contributed by atoms with Crippen LogP contribution in [0.25, 0.3) is 0 Å². The molecule has 1 aliphatic carbocycles. The van der Waals surface area contributed by atoms with Gasteiger partial charge in [0.2, 0.25) is 10.0 Å². The molecule has 6 nitrogen and oxygen atoms in total. The largest absolute Gasteiger partial charge is 0.379 e. The lowest BCUT2D eigenvalue weighted by Crippen LogP contribution is -2.40. The topological polar surface area (TPSA) is 64.4 Å². The van der Waals surface area contributed by atoms with Crippen molar-refractivity contribution in [3.05, 3.63) is 11.9 Å². The van der Waals surface area contributed by atoms with E-state index in [0.717, 1.165) is 12.8 Å². The number of ether oxygens (including phenoxy) is 1. The van der Waals surface area contributed by atoms with Crippen LogP contribution >= 0.6 is 0 Å². The summed E-state index contributed by atoms with van der Waals surface area (Å²) < 4.78 is 33.9. The van der Waals surface area contributed by atoms with Gasteiger partial charge in [0, 0.05) is 19.3 Å². The number of rotatable bonds is 3. The van der Waals surface area contributed by atoms with E-state index in [0.29, 0.717) is 42.9 Å². The number of aryl methyl sites for hydroxylation is 1. The summed E-state index contributed by atoms with van der Waals surface area (Å²) >= 11 is 0. The molecule has 0 aromatic carbocycles. The molecule has 0 unspecified atom stereocenters. The highest BCUT2D eigenvalue weighted by atomic mass is 32.2. The van der Waals surface area contributed by atoms with Gasteiger partial charge in [0.05, 0.1) is 24.9 Å². The monoisotopic (exact) mass is 299 g/mol. The molecule has 0 atom stereocenters. The van der Waals surface area contributed by atoms with Crippen LogP contribution in [0.3, 0.4) is 0 Å². The van der Waals surface area contributed by atoms with E-state index in [1.807, 2.05) is 4.68 Å². The summed E-state index contributed by atoms with van der Waals surface area (Å²) in [6.45, 7) is 3.57. The maximum atomic E-state index is 12.7. The molecule has 0 N–H and O–H groups in total. The number of aromatic nitrogens is 2. The molecule has 2 fully saturated rings. The Bertz CT molecular complexity index is 570. The summed E-state index contributed by atoms with van der Waals surface area (Å²) in [5.74, 6) is 0. The van der Waals surface area contributed by atoms with E-state index >= 15 is 0 Å². The minimum absolute atomic E-state index is 0.353. The van der Waals surface area contributed by atoms with Gasteiger partial charge in [0.1, 0.15) is 4.90 Å². The summed E-state index contributed by atoms with van der Waals surface area (Å²) in [5.41, 5.74) is 0.600. The minimum Gasteiger partial charge on any atom is -0.379 e. The van der Waals surface area contributed by atoms with Gasteiger partial charge in [0.25, 0.3) is 0 Å². The van der Waals surface area contributed by atoms with Crippen molar-refractivity contribution in [2.75, 3.05) is 26.3 Å². The Morgan fingerprint density at radius 2 is 1.90 bits per heavy atom. The van der Waals surface area contributed by atoms with Crippen LogP contribution in [0.5, 0.6) is 0 Å². The zero-order chi connectivity index (χ0) is 14.2. The number of hydrogen-bond donors (Lipinski definition) is 0. The summed E-state index contributed by atoms with van der Waals surface area (Å²) in [5, 5.41) is 4.43. The molecule has 112 valence electrons. The number of sulfonamides is 1. The van der Waals surface area contributed by atoms with E-state index in [2.05, 4.69) is 5.10 Å². The third-order valence-electron chi connectivity index (χ3n) is 4.16. The lowest BCUT2D eigenvalue weighted by molar-refractivity contribution is 0.0730. The van der Waals surface area contributed by atoms with Crippen molar-refractivity contribution in [2.24, 2.45) is 0 Å². The smallest absolute Gasteiger partial charge is 0.246 e. The fraction of sp³-hybridized carbons (Fsp3) is 0.769. The number of nitrogens with zero attached hydrogens (tertiary/aromatic N) is 3. The van der Waals surface area contributed by atoms with Crippen molar-refractivity contribution in [3.8, 4) is 0 Å². The molecule has 2 heterocycles. The first-order chi connectivity index (χ1) is 9.59. The Balaban J connectivity index is 1.88. The van der Waals surface area contributed by atoms with Crippen LogP contribution in [0, 0.1) is 6.92 Å². The van der Waals surface area contributed by atoms with Crippen molar-refractivity contribution in [1.29, 1.82) is 0 Å². The molecular formula is C13H21N3O3S. The molecule has 0 radical (unpaired) electrons. The summed E-state index contributed by atoms with van der Waals surface area (Å²) in [6, 6.07) is 0.363.